The van der Waals surface area contributed by atoms with Gasteiger partial charge in [0, 0.05) is 37.3 Å². The maximum Gasteiger partial charge on any atom is 0.417 e. The summed E-state index contributed by atoms with van der Waals surface area (Å²) < 4.78 is 62.5. The maximum atomic E-state index is 13.1. The molecule has 0 bridgehead atoms. The Hall–Kier alpha value is -1.35. The molecule has 29 heavy (non-hydrogen) atoms. The van der Waals surface area contributed by atoms with Crippen molar-refractivity contribution in [3.63, 3.8) is 0 Å². The Morgan fingerprint density at radius 2 is 1.76 bits per heavy atom. The van der Waals surface area contributed by atoms with Gasteiger partial charge in [-0.05, 0) is 56.2 Å². The number of nitrogens with zero attached hydrogens (tertiary/aromatic N) is 3. The summed E-state index contributed by atoms with van der Waals surface area (Å²) in [5, 5.41) is 0. The molecule has 0 amide bonds. The Labute approximate surface area is 169 Å². The molecule has 0 aromatic carbocycles. The predicted octanol–water partition coefficient (Wildman–Crippen LogP) is 3.07. The number of likely N-dealkylation sites (tertiary alicyclic amines) is 1. The normalized spacial score (nSPS) is 27.3. The summed E-state index contributed by atoms with van der Waals surface area (Å²) in [6.07, 6.45) is 1.32. The summed E-state index contributed by atoms with van der Waals surface area (Å²) in [6.45, 7) is 3.38. The predicted molar refractivity (Wildman–Crippen MR) is 104 cm³/mol. The highest BCUT2D eigenvalue weighted by atomic mass is 32.2. The fourth-order valence-electron chi connectivity index (χ4n) is 5.44. The summed E-state index contributed by atoms with van der Waals surface area (Å²) in [5.41, 5.74) is 0.0679. The Balaban J connectivity index is 1.25. The monoisotopic (exact) mass is 429 g/mol. The van der Waals surface area contributed by atoms with Crippen LogP contribution in [0.3, 0.4) is 0 Å². The van der Waals surface area contributed by atoms with E-state index in [1.54, 1.807) is 0 Å². The van der Waals surface area contributed by atoms with Gasteiger partial charge in [-0.15, -0.1) is 0 Å². The van der Waals surface area contributed by atoms with Gasteiger partial charge in [-0.2, -0.15) is 13.2 Å². The molecule has 4 fully saturated rings. The molecule has 160 valence electrons. The average Bonchev–Trinajstić information content (AvgIpc) is 3.40. The molecule has 0 radical (unpaired) electrons. The van der Waals surface area contributed by atoms with Crippen LogP contribution < -0.4 is 4.90 Å². The van der Waals surface area contributed by atoms with Crippen LogP contribution in [0, 0.1) is 5.41 Å². The number of hydrogen-bond acceptors (Lipinski definition) is 5. The van der Waals surface area contributed by atoms with Gasteiger partial charge < -0.3 is 4.90 Å². The van der Waals surface area contributed by atoms with Gasteiger partial charge in [0.1, 0.15) is 5.82 Å². The minimum Gasteiger partial charge on any atom is -0.356 e. The fourth-order valence-corrected chi connectivity index (χ4v) is 7.69. The Morgan fingerprint density at radius 1 is 1.07 bits per heavy atom. The first-order chi connectivity index (χ1) is 13.6. The lowest BCUT2D eigenvalue weighted by molar-refractivity contribution is -0.137. The van der Waals surface area contributed by atoms with Crippen molar-refractivity contribution in [3.05, 3.63) is 23.4 Å². The van der Waals surface area contributed by atoms with Crippen molar-refractivity contribution < 1.29 is 21.6 Å². The molecule has 0 unspecified atom stereocenters. The summed E-state index contributed by atoms with van der Waals surface area (Å²) in [4.78, 5) is 8.82. The van der Waals surface area contributed by atoms with Gasteiger partial charge in [-0.25, -0.2) is 13.4 Å². The highest BCUT2D eigenvalue weighted by molar-refractivity contribution is 7.92. The number of halogens is 3. The molecule has 5 rings (SSSR count). The minimum absolute atomic E-state index is 0.0237. The highest BCUT2D eigenvalue weighted by Crippen LogP contribution is 2.46. The van der Waals surface area contributed by atoms with E-state index in [1.807, 2.05) is 0 Å². The maximum absolute atomic E-state index is 13.1. The van der Waals surface area contributed by atoms with E-state index in [0.29, 0.717) is 17.5 Å². The van der Waals surface area contributed by atoms with Crippen LogP contribution in [-0.2, 0) is 16.0 Å². The molecule has 9 heteroatoms. The SMILES string of the molecule is O=S1(=O)CC2(CCN(C3CCN(c4ncc(C(F)(F)F)cc4C4CC4)CC3)C2)C1. The molecular weight excluding hydrogens is 403 g/mol. The van der Waals surface area contributed by atoms with E-state index in [-0.39, 0.29) is 11.3 Å². The number of alkyl halides is 3. The second-order valence-corrected chi connectivity index (χ2v) is 11.4. The summed E-state index contributed by atoms with van der Waals surface area (Å²) in [7, 11) is -2.82. The molecule has 1 saturated carbocycles. The van der Waals surface area contributed by atoms with Crippen molar-refractivity contribution in [2.75, 3.05) is 42.6 Å². The zero-order chi connectivity index (χ0) is 20.4. The average molecular weight is 430 g/mol. The molecule has 3 aliphatic heterocycles. The van der Waals surface area contributed by atoms with E-state index >= 15 is 0 Å². The first kappa shape index (κ1) is 19.6. The lowest BCUT2D eigenvalue weighted by Crippen LogP contribution is -2.52. The largest absolute Gasteiger partial charge is 0.417 e. The zero-order valence-electron chi connectivity index (χ0n) is 16.3. The van der Waals surface area contributed by atoms with Crippen LogP contribution in [0.1, 0.15) is 49.1 Å². The van der Waals surface area contributed by atoms with Gasteiger partial charge in [0.2, 0.25) is 0 Å². The van der Waals surface area contributed by atoms with Crippen LogP contribution in [0.4, 0.5) is 19.0 Å². The summed E-state index contributed by atoms with van der Waals surface area (Å²) >= 11 is 0. The number of aromatic nitrogens is 1. The lowest BCUT2D eigenvalue weighted by Gasteiger charge is -2.41. The molecular formula is C20H26F3N3O2S. The third kappa shape index (κ3) is 3.76. The second kappa shape index (κ2) is 6.57. The standard InChI is InChI=1S/C20H26F3N3O2S/c21-20(22,23)15-9-17(14-1-2-14)18(24-10-15)25-6-3-16(4-7-25)26-8-5-19(11-26)12-29(27,28)13-19/h9-10,14,16H,1-8,11-13H2. The van der Waals surface area contributed by atoms with Crippen LogP contribution >= 0.6 is 0 Å². The molecule has 4 heterocycles. The first-order valence-corrected chi connectivity index (χ1v) is 12.2. The smallest absolute Gasteiger partial charge is 0.356 e. The Kier molecular flexibility index (Phi) is 4.44. The minimum atomic E-state index is -4.36. The number of pyridine rings is 1. The quantitative estimate of drug-likeness (QED) is 0.739. The molecule has 3 saturated heterocycles. The Morgan fingerprint density at radius 3 is 2.34 bits per heavy atom. The first-order valence-electron chi connectivity index (χ1n) is 10.4. The fraction of sp³-hybridized carbons (Fsp3) is 0.750. The number of rotatable bonds is 3. The zero-order valence-corrected chi connectivity index (χ0v) is 17.1. The molecule has 5 nitrogen and oxygen atoms in total. The van der Waals surface area contributed by atoms with E-state index in [9.17, 15) is 21.6 Å². The number of anilines is 1. The van der Waals surface area contributed by atoms with Gasteiger partial charge >= 0.3 is 6.18 Å². The van der Waals surface area contributed by atoms with E-state index in [1.165, 1.54) is 6.07 Å². The number of piperidine rings is 1. The molecule has 0 N–H and O–H groups in total. The molecule has 1 aliphatic carbocycles. The van der Waals surface area contributed by atoms with Gasteiger partial charge in [0.25, 0.3) is 0 Å². The van der Waals surface area contributed by atoms with Crippen LogP contribution in [0.15, 0.2) is 12.3 Å². The van der Waals surface area contributed by atoms with Gasteiger partial charge in [0.05, 0.1) is 17.1 Å². The lowest BCUT2D eigenvalue weighted by atomic mass is 9.91. The third-order valence-electron chi connectivity index (χ3n) is 7.04. The molecule has 1 spiro atoms. The topological polar surface area (TPSA) is 53.5 Å². The van der Waals surface area contributed by atoms with Crippen LogP contribution in [0.2, 0.25) is 0 Å². The van der Waals surface area contributed by atoms with Crippen molar-refractivity contribution in [3.8, 4) is 0 Å². The van der Waals surface area contributed by atoms with E-state index < -0.39 is 21.6 Å². The molecule has 1 aromatic rings. The van der Waals surface area contributed by atoms with Gasteiger partial charge in [-0.1, -0.05) is 0 Å². The van der Waals surface area contributed by atoms with Gasteiger partial charge in [-0.3, -0.25) is 4.90 Å². The third-order valence-corrected chi connectivity index (χ3v) is 9.14. The second-order valence-electron chi connectivity index (χ2n) is 9.38. The van der Waals surface area contributed by atoms with Crippen molar-refractivity contribution in [2.45, 2.75) is 50.2 Å². The van der Waals surface area contributed by atoms with Crippen LogP contribution in [0.5, 0.6) is 0 Å². The van der Waals surface area contributed by atoms with Crippen molar-refractivity contribution in [1.82, 2.24) is 9.88 Å². The van der Waals surface area contributed by atoms with Crippen LogP contribution in [0.25, 0.3) is 0 Å². The number of hydrogen-bond donors (Lipinski definition) is 0. The summed E-state index contributed by atoms with van der Waals surface area (Å²) in [6, 6.07) is 1.72. The van der Waals surface area contributed by atoms with Crippen LogP contribution in [-0.4, -0.2) is 62.0 Å². The summed E-state index contributed by atoms with van der Waals surface area (Å²) in [5.74, 6) is 1.59. The molecule has 0 atom stereocenters. The number of sulfone groups is 1. The van der Waals surface area contributed by atoms with Crippen molar-refractivity contribution in [2.24, 2.45) is 5.41 Å². The Bertz CT molecular complexity index is 894. The van der Waals surface area contributed by atoms with E-state index in [2.05, 4.69) is 14.8 Å². The molecule has 1 aromatic heterocycles. The van der Waals surface area contributed by atoms with Gasteiger partial charge in [0.15, 0.2) is 9.84 Å². The van der Waals surface area contributed by atoms with Crippen molar-refractivity contribution >= 4 is 15.7 Å². The highest BCUT2D eigenvalue weighted by Gasteiger charge is 2.53. The van der Waals surface area contributed by atoms with E-state index in [4.69, 9.17) is 0 Å². The molecule has 4 aliphatic rings. The van der Waals surface area contributed by atoms with E-state index in [0.717, 1.165) is 75.9 Å². The van der Waals surface area contributed by atoms with Crippen molar-refractivity contribution in [1.29, 1.82) is 0 Å².